The summed E-state index contributed by atoms with van der Waals surface area (Å²) in [5, 5.41) is 0.544. The van der Waals surface area contributed by atoms with E-state index < -0.39 is 10.0 Å². The summed E-state index contributed by atoms with van der Waals surface area (Å²) in [7, 11) is -3.68. The predicted octanol–water partition coefficient (Wildman–Crippen LogP) is 3.74. The molecule has 0 N–H and O–H groups in total. The van der Waals surface area contributed by atoms with Crippen LogP contribution in [-0.4, -0.2) is 33.2 Å². The lowest BCUT2D eigenvalue weighted by Gasteiger charge is -2.28. The van der Waals surface area contributed by atoms with Crippen molar-refractivity contribution in [3.8, 4) is 0 Å². The average Bonchev–Trinajstić information content (AvgIpc) is 2.90. The Morgan fingerprint density at radius 1 is 1.19 bits per heavy atom. The maximum absolute atomic E-state index is 13.0. The van der Waals surface area contributed by atoms with Gasteiger partial charge >= 0.3 is 0 Å². The standard InChI is InChI=1S/C18H18Cl2N2O3S/c1-12-9-13-5-3-4-6-17(13)22(12)18(23)11-21(26(2,24)25)14-7-8-15(19)16(20)10-14/h3-8,10,12H,9,11H2,1-2H3/t12-/m1/s1. The molecule has 138 valence electrons. The van der Waals surface area contributed by atoms with E-state index >= 15 is 0 Å². The Bertz CT molecular complexity index is 963. The van der Waals surface area contributed by atoms with Crippen LogP contribution in [0.25, 0.3) is 0 Å². The first kappa shape index (κ1) is 19.0. The van der Waals surface area contributed by atoms with E-state index in [0.29, 0.717) is 10.7 Å². The second-order valence-electron chi connectivity index (χ2n) is 6.31. The molecule has 1 heterocycles. The Kier molecular flexibility index (Phi) is 5.19. The highest BCUT2D eigenvalue weighted by molar-refractivity contribution is 7.92. The number of hydrogen-bond acceptors (Lipinski definition) is 3. The van der Waals surface area contributed by atoms with E-state index in [1.807, 2.05) is 31.2 Å². The van der Waals surface area contributed by atoms with Crippen molar-refractivity contribution in [3.05, 3.63) is 58.1 Å². The molecule has 1 aliphatic heterocycles. The molecule has 5 nitrogen and oxygen atoms in total. The van der Waals surface area contributed by atoms with Gasteiger partial charge in [-0.25, -0.2) is 8.42 Å². The highest BCUT2D eigenvalue weighted by atomic mass is 35.5. The van der Waals surface area contributed by atoms with Gasteiger partial charge in [-0.2, -0.15) is 0 Å². The van der Waals surface area contributed by atoms with Crippen molar-refractivity contribution in [2.75, 3.05) is 22.0 Å². The van der Waals surface area contributed by atoms with Crippen molar-refractivity contribution < 1.29 is 13.2 Å². The quantitative estimate of drug-likeness (QED) is 0.768. The van der Waals surface area contributed by atoms with Crippen LogP contribution >= 0.6 is 23.2 Å². The molecule has 1 atom stereocenters. The number of sulfonamides is 1. The second-order valence-corrected chi connectivity index (χ2v) is 9.03. The monoisotopic (exact) mass is 412 g/mol. The third-order valence-corrected chi connectivity index (χ3v) is 6.23. The molecule has 2 aromatic rings. The number of hydrogen-bond donors (Lipinski definition) is 0. The van der Waals surface area contributed by atoms with Crippen molar-refractivity contribution in [3.63, 3.8) is 0 Å². The molecule has 1 aliphatic rings. The summed E-state index contributed by atoms with van der Waals surface area (Å²) >= 11 is 11.9. The molecule has 0 unspecified atom stereocenters. The molecule has 0 saturated carbocycles. The second kappa shape index (κ2) is 7.10. The van der Waals surface area contributed by atoms with E-state index in [-0.39, 0.29) is 23.5 Å². The number of rotatable bonds is 4. The van der Waals surface area contributed by atoms with Gasteiger partial charge in [0.15, 0.2) is 0 Å². The highest BCUT2D eigenvalue weighted by Crippen LogP contribution is 2.33. The summed E-state index contributed by atoms with van der Waals surface area (Å²) < 4.78 is 25.6. The molecule has 1 amide bonds. The Morgan fingerprint density at radius 2 is 1.88 bits per heavy atom. The van der Waals surface area contributed by atoms with Crippen LogP contribution in [0.15, 0.2) is 42.5 Å². The first-order valence-corrected chi connectivity index (χ1v) is 10.6. The fraction of sp³-hybridized carbons (Fsp3) is 0.278. The molecule has 0 aliphatic carbocycles. The zero-order chi connectivity index (χ0) is 19.1. The SMILES string of the molecule is C[C@@H]1Cc2ccccc2N1C(=O)CN(c1ccc(Cl)c(Cl)c1)S(C)(=O)=O. The first-order chi connectivity index (χ1) is 12.2. The van der Waals surface area contributed by atoms with Gasteiger partial charge in [-0.1, -0.05) is 41.4 Å². The molecular weight excluding hydrogens is 395 g/mol. The molecule has 8 heteroatoms. The van der Waals surface area contributed by atoms with Crippen LogP contribution in [0.4, 0.5) is 11.4 Å². The Labute approximate surface area is 163 Å². The van der Waals surface area contributed by atoms with E-state index in [4.69, 9.17) is 23.2 Å². The summed E-state index contributed by atoms with van der Waals surface area (Å²) in [4.78, 5) is 14.6. The van der Waals surface area contributed by atoms with Gasteiger partial charge in [0.25, 0.3) is 0 Å². The maximum Gasteiger partial charge on any atom is 0.248 e. The van der Waals surface area contributed by atoms with Gasteiger partial charge in [0.2, 0.25) is 15.9 Å². The fourth-order valence-electron chi connectivity index (χ4n) is 3.18. The first-order valence-electron chi connectivity index (χ1n) is 8.01. The Hall–Kier alpha value is -1.76. The molecular formula is C18H18Cl2N2O3S. The summed E-state index contributed by atoms with van der Waals surface area (Å²) in [5.41, 5.74) is 2.21. The number of nitrogens with zero attached hydrogens (tertiary/aromatic N) is 2. The summed E-state index contributed by atoms with van der Waals surface area (Å²) in [6.07, 6.45) is 1.80. The number of benzene rings is 2. The van der Waals surface area contributed by atoms with Gasteiger partial charge in [0, 0.05) is 11.7 Å². The number of amides is 1. The number of halogens is 2. The number of carbonyl (C=O) groups excluding carboxylic acids is 1. The van der Waals surface area contributed by atoms with Crippen LogP contribution in [0.1, 0.15) is 12.5 Å². The summed E-state index contributed by atoms with van der Waals surface area (Å²) in [6, 6.07) is 12.1. The van der Waals surface area contributed by atoms with E-state index in [2.05, 4.69) is 0 Å². The van der Waals surface area contributed by atoms with Crippen LogP contribution in [0.3, 0.4) is 0 Å². The van der Waals surface area contributed by atoms with Crippen molar-refractivity contribution in [1.29, 1.82) is 0 Å². The van der Waals surface area contributed by atoms with Crippen LogP contribution in [-0.2, 0) is 21.2 Å². The smallest absolute Gasteiger partial charge is 0.248 e. The molecule has 0 bridgehead atoms. The highest BCUT2D eigenvalue weighted by Gasteiger charge is 2.33. The van der Waals surface area contributed by atoms with Gasteiger partial charge in [0.1, 0.15) is 6.54 Å². The fourth-order valence-corrected chi connectivity index (χ4v) is 4.32. The van der Waals surface area contributed by atoms with Gasteiger partial charge in [0.05, 0.1) is 22.0 Å². The molecule has 0 aromatic heterocycles. The molecule has 3 rings (SSSR count). The van der Waals surface area contributed by atoms with Crippen molar-refractivity contribution in [2.45, 2.75) is 19.4 Å². The maximum atomic E-state index is 13.0. The van der Waals surface area contributed by atoms with Crippen LogP contribution < -0.4 is 9.21 Å². The van der Waals surface area contributed by atoms with E-state index in [1.165, 1.54) is 18.2 Å². The molecule has 0 radical (unpaired) electrons. The summed E-state index contributed by atoms with van der Waals surface area (Å²) in [5.74, 6) is -0.293. The van der Waals surface area contributed by atoms with Crippen molar-refractivity contribution in [2.24, 2.45) is 0 Å². The molecule has 0 fully saturated rings. The predicted molar refractivity (Wildman–Crippen MR) is 106 cm³/mol. The molecule has 2 aromatic carbocycles. The zero-order valence-electron chi connectivity index (χ0n) is 14.3. The van der Waals surface area contributed by atoms with Crippen LogP contribution in [0.5, 0.6) is 0 Å². The molecule has 0 spiro atoms. The number of anilines is 2. The number of carbonyl (C=O) groups is 1. The van der Waals surface area contributed by atoms with Crippen molar-refractivity contribution in [1.82, 2.24) is 0 Å². The number of para-hydroxylation sites is 1. The zero-order valence-corrected chi connectivity index (χ0v) is 16.6. The third kappa shape index (κ3) is 3.68. The summed E-state index contributed by atoms with van der Waals surface area (Å²) in [6.45, 7) is 1.64. The third-order valence-electron chi connectivity index (χ3n) is 4.35. The van der Waals surface area contributed by atoms with E-state index in [1.54, 1.807) is 4.90 Å². The lowest BCUT2D eigenvalue weighted by atomic mass is 10.1. The van der Waals surface area contributed by atoms with Gasteiger partial charge in [-0.05, 0) is 43.2 Å². The van der Waals surface area contributed by atoms with Gasteiger partial charge in [-0.3, -0.25) is 9.10 Å². The Balaban J connectivity index is 1.93. The molecule has 26 heavy (non-hydrogen) atoms. The Morgan fingerprint density at radius 3 is 2.54 bits per heavy atom. The normalized spacial score (nSPS) is 16.5. The number of fused-ring (bicyclic) bond motifs is 1. The lowest BCUT2D eigenvalue weighted by molar-refractivity contribution is -0.117. The van der Waals surface area contributed by atoms with Gasteiger partial charge < -0.3 is 4.90 Å². The average molecular weight is 413 g/mol. The van der Waals surface area contributed by atoms with E-state index in [0.717, 1.165) is 28.2 Å². The topological polar surface area (TPSA) is 57.7 Å². The van der Waals surface area contributed by atoms with Gasteiger partial charge in [-0.15, -0.1) is 0 Å². The van der Waals surface area contributed by atoms with Crippen LogP contribution in [0, 0.1) is 0 Å². The minimum Gasteiger partial charge on any atom is -0.307 e. The van der Waals surface area contributed by atoms with E-state index in [9.17, 15) is 13.2 Å². The lowest BCUT2D eigenvalue weighted by Crippen LogP contribution is -2.45. The van der Waals surface area contributed by atoms with Crippen LogP contribution in [0.2, 0.25) is 10.0 Å². The van der Waals surface area contributed by atoms with Crippen molar-refractivity contribution >= 4 is 50.5 Å². The minimum atomic E-state index is -3.68. The minimum absolute atomic E-state index is 0.0323. The largest absolute Gasteiger partial charge is 0.307 e. The molecule has 0 saturated heterocycles.